The minimum atomic E-state index is -2.13. The van der Waals surface area contributed by atoms with Gasteiger partial charge in [-0.1, -0.05) is 6.07 Å². The summed E-state index contributed by atoms with van der Waals surface area (Å²) in [7, 11) is 0. The van der Waals surface area contributed by atoms with Crippen molar-refractivity contribution in [2.24, 2.45) is 5.73 Å². The van der Waals surface area contributed by atoms with E-state index in [-0.39, 0.29) is 0 Å². The van der Waals surface area contributed by atoms with Crippen LogP contribution in [-0.2, 0) is 17.7 Å². The van der Waals surface area contributed by atoms with E-state index in [0.29, 0.717) is 17.7 Å². The second-order valence-electron chi connectivity index (χ2n) is 4.29. The van der Waals surface area contributed by atoms with E-state index in [0.717, 1.165) is 22.8 Å². The van der Waals surface area contributed by atoms with Gasteiger partial charge in [0.25, 0.3) is 11.3 Å². The highest BCUT2D eigenvalue weighted by molar-refractivity contribution is 7.78. The van der Waals surface area contributed by atoms with Crippen molar-refractivity contribution in [3.05, 3.63) is 42.1 Å². The zero-order chi connectivity index (χ0) is 13.4. The van der Waals surface area contributed by atoms with Gasteiger partial charge in [0.1, 0.15) is 0 Å². The Morgan fingerprint density at radius 2 is 2.16 bits per heavy atom. The number of nitrogens with two attached hydrogens (primary N) is 1. The van der Waals surface area contributed by atoms with Crippen LogP contribution in [0.15, 0.2) is 36.5 Å². The molecule has 19 heavy (non-hydrogen) atoms. The molecular formula is C13H13N3O2S. The number of pyridine rings is 1. The molecule has 0 spiro atoms. The maximum atomic E-state index is 11.5. The first-order valence-electron chi connectivity index (χ1n) is 5.92. The highest BCUT2D eigenvalue weighted by Crippen LogP contribution is 2.28. The Morgan fingerprint density at radius 1 is 1.32 bits per heavy atom. The van der Waals surface area contributed by atoms with Crippen molar-refractivity contribution in [2.45, 2.75) is 6.42 Å². The molecule has 0 saturated carbocycles. The molecular weight excluding hydrogens is 262 g/mol. The average molecular weight is 275 g/mol. The van der Waals surface area contributed by atoms with Crippen molar-refractivity contribution >= 4 is 33.2 Å². The van der Waals surface area contributed by atoms with Crippen molar-refractivity contribution in [2.75, 3.05) is 6.54 Å². The Hall–Kier alpha value is -1.76. The summed E-state index contributed by atoms with van der Waals surface area (Å²) in [6.07, 6.45) is 2.40. The predicted octanol–water partition coefficient (Wildman–Crippen LogP) is 1.68. The highest BCUT2D eigenvalue weighted by Gasteiger charge is 2.14. The van der Waals surface area contributed by atoms with E-state index in [2.05, 4.69) is 4.98 Å². The molecule has 3 aromatic rings. The quantitative estimate of drug-likeness (QED) is 0.712. The number of hydrogen-bond donors (Lipinski definition) is 2. The molecule has 3 N–H and O–H groups in total. The number of rotatable bonds is 3. The third-order valence-corrected chi connectivity index (χ3v) is 3.82. The minimum Gasteiger partial charge on any atom is -0.330 e. The number of fused-ring (bicyclic) bond motifs is 3. The topological polar surface area (TPSA) is 81.1 Å². The molecule has 0 aliphatic heterocycles. The van der Waals surface area contributed by atoms with E-state index in [1.54, 1.807) is 6.20 Å². The van der Waals surface area contributed by atoms with Crippen LogP contribution in [0.3, 0.4) is 0 Å². The van der Waals surface area contributed by atoms with E-state index in [1.807, 2.05) is 30.3 Å². The van der Waals surface area contributed by atoms with Gasteiger partial charge in [0.2, 0.25) is 0 Å². The number of nitrogens with zero attached hydrogens (tertiary/aromatic N) is 2. The third kappa shape index (κ3) is 1.94. The summed E-state index contributed by atoms with van der Waals surface area (Å²) >= 11 is -2.13. The summed E-state index contributed by atoms with van der Waals surface area (Å²) in [5.41, 5.74) is 7.90. The molecule has 0 fully saturated rings. The van der Waals surface area contributed by atoms with Crippen LogP contribution in [0.25, 0.3) is 21.9 Å². The largest absolute Gasteiger partial charge is 0.330 e. The lowest BCUT2D eigenvalue weighted by molar-refractivity contribution is 0.558. The molecule has 2 heterocycles. The fourth-order valence-electron chi connectivity index (χ4n) is 2.34. The van der Waals surface area contributed by atoms with Crippen LogP contribution in [0.2, 0.25) is 0 Å². The molecule has 0 amide bonds. The van der Waals surface area contributed by atoms with E-state index < -0.39 is 11.3 Å². The molecule has 5 nitrogen and oxygen atoms in total. The van der Waals surface area contributed by atoms with Gasteiger partial charge in [-0.15, -0.1) is 0 Å². The Bertz CT molecular complexity index is 782. The molecule has 0 bridgehead atoms. The van der Waals surface area contributed by atoms with Crippen molar-refractivity contribution in [3.63, 3.8) is 0 Å². The smallest absolute Gasteiger partial charge is 0.267 e. The molecule has 0 aliphatic carbocycles. The fourth-order valence-corrected chi connectivity index (χ4v) is 2.96. The van der Waals surface area contributed by atoms with Crippen LogP contribution in [-0.4, -0.2) is 24.3 Å². The molecule has 0 aliphatic rings. The zero-order valence-electron chi connectivity index (χ0n) is 10.1. The average Bonchev–Trinajstić information content (AvgIpc) is 2.73. The summed E-state index contributed by atoms with van der Waals surface area (Å²) in [6.45, 7) is 0.578. The number of aromatic nitrogens is 2. The summed E-state index contributed by atoms with van der Waals surface area (Å²) in [5.74, 6) is 0. The molecule has 3 rings (SSSR count). The van der Waals surface area contributed by atoms with Crippen molar-refractivity contribution in [3.8, 4) is 0 Å². The van der Waals surface area contributed by atoms with Crippen LogP contribution >= 0.6 is 0 Å². The molecule has 1 aromatic carbocycles. The van der Waals surface area contributed by atoms with Crippen LogP contribution in [0, 0.1) is 0 Å². The number of hydrogen-bond acceptors (Lipinski definition) is 3. The molecule has 98 valence electrons. The van der Waals surface area contributed by atoms with Crippen molar-refractivity contribution < 1.29 is 8.76 Å². The van der Waals surface area contributed by atoms with E-state index >= 15 is 0 Å². The van der Waals surface area contributed by atoms with Crippen LogP contribution < -0.4 is 5.73 Å². The summed E-state index contributed by atoms with van der Waals surface area (Å²) in [4.78, 5) is 4.20. The lowest BCUT2D eigenvalue weighted by atomic mass is 10.1. The van der Waals surface area contributed by atoms with Gasteiger partial charge in [-0.25, -0.2) is 13.2 Å². The Kier molecular flexibility index (Phi) is 3.06. The SMILES string of the molecule is NCCc1ccc2c(c1)c1cccnc1n2S(=O)O. The second-order valence-corrected chi connectivity index (χ2v) is 5.12. The van der Waals surface area contributed by atoms with E-state index in [4.69, 9.17) is 5.73 Å². The Labute approximate surface area is 112 Å². The minimum absolute atomic E-state index is 0.517. The van der Waals surface area contributed by atoms with Gasteiger partial charge in [0, 0.05) is 17.0 Å². The van der Waals surface area contributed by atoms with Crippen molar-refractivity contribution in [1.29, 1.82) is 0 Å². The predicted molar refractivity (Wildman–Crippen MR) is 76.2 cm³/mol. The van der Waals surface area contributed by atoms with Crippen LogP contribution in [0.4, 0.5) is 0 Å². The normalized spacial score (nSPS) is 13.2. The Morgan fingerprint density at radius 3 is 2.89 bits per heavy atom. The molecule has 1 unspecified atom stereocenters. The van der Waals surface area contributed by atoms with E-state index in [9.17, 15) is 8.76 Å². The fraction of sp³-hybridized carbons (Fsp3) is 0.154. The first-order chi connectivity index (χ1) is 9.22. The third-order valence-electron chi connectivity index (χ3n) is 3.14. The van der Waals surface area contributed by atoms with Crippen LogP contribution in [0.1, 0.15) is 5.56 Å². The zero-order valence-corrected chi connectivity index (χ0v) is 10.9. The summed E-state index contributed by atoms with van der Waals surface area (Å²) in [6, 6.07) is 9.51. The maximum absolute atomic E-state index is 11.5. The van der Waals surface area contributed by atoms with Gasteiger partial charge in [0.15, 0.2) is 5.65 Å². The maximum Gasteiger partial charge on any atom is 0.267 e. The van der Waals surface area contributed by atoms with Crippen LogP contribution in [0.5, 0.6) is 0 Å². The van der Waals surface area contributed by atoms with Gasteiger partial charge in [-0.3, -0.25) is 4.55 Å². The highest BCUT2D eigenvalue weighted by atomic mass is 32.2. The summed E-state index contributed by atoms with van der Waals surface area (Å²) in [5, 5.41) is 1.80. The first kappa shape index (κ1) is 12.3. The summed E-state index contributed by atoms with van der Waals surface area (Å²) < 4.78 is 22.3. The Balaban J connectivity index is 2.42. The van der Waals surface area contributed by atoms with Gasteiger partial charge in [-0.2, -0.15) is 0 Å². The molecule has 6 heteroatoms. The van der Waals surface area contributed by atoms with Crippen molar-refractivity contribution in [1.82, 2.24) is 8.96 Å². The molecule has 0 saturated heterocycles. The molecule has 2 aromatic heterocycles. The standard InChI is InChI=1S/C13H13N3O2S/c14-6-5-9-3-4-12-11(8-9)10-2-1-7-15-13(10)16(12)19(17)18/h1-4,7-8H,5-6,14H2,(H,17,18). The van der Waals surface area contributed by atoms with Gasteiger partial charge in [-0.05, 0) is 42.8 Å². The second kappa shape index (κ2) is 4.73. The van der Waals surface area contributed by atoms with Gasteiger partial charge in [0.05, 0.1) is 5.52 Å². The first-order valence-corrected chi connectivity index (χ1v) is 6.98. The number of benzene rings is 1. The monoisotopic (exact) mass is 275 g/mol. The molecule has 1 atom stereocenters. The molecule has 0 radical (unpaired) electrons. The van der Waals surface area contributed by atoms with E-state index in [1.165, 1.54) is 3.97 Å². The van der Waals surface area contributed by atoms with Gasteiger partial charge < -0.3 is 5.73 Å². The lowest BCUT2D eigenvalue weighted by Gasteiger charge is -2.01. The lowest BCUT2D eigenvalue weighted by Crippen LogP contribution is -2.04. The van der Waals surface area contributed by atoms with Gasteiger partial charge >= 0.3 is 0 Å².